The number of anilines is 2. The maximum absolute atomic E-state index is 12.5. The lowest BCUT2D eigenvalue weighted by Gasteiger charge is -2.33. The lowest BCUT2D eigenvalue weighted by atomic mass is 10.2. The number of nitrogens with zero attached hydrogens (tertiary/aromatic N) is 5. The highest BCUT2D eigenvalue weighted by Gasteiger charge is 2.25. The summed E-state index contributed by atoms with van der Waals surface area (Å²) in [5.41, 5.74) is 0.867. The van der Waals surface area contributed by atoms with Gasteiger partial charge in [-0.1, -0.05) is 30.3 Å². The number of hydrogen-bond acceptors (Lipinski definition) is 6. The molecule has 7 nitrogen and oxygen atoms in total. The second-order valence-electron chi connectivity index (χ2n) is 6.29. The predicted octanol–water partition coefficient (Wildman–Crippen LogP) is 1.67. The molecular formula is C18H23N5O2S. The molecular weight excluding hydrogens is 350 g/mol. The van der Waals surface area contributed by atoms with Gasteiger partial charge in [-0.3, -0.25) is 0 Å². The van der Waals surface area contributed by atoms with E-state index >= 15 is 0 Å². The fourth-order valence-electron chi connectivity index (χ4n) is 2.71. The number of hydrogen-bond donors (Lipinski definition) is 0. The minimum atomic E-state index is -3.42. The first-order valence-corrected chi connectivity index (χ1v) is 9.95. The SMILES string of the molecule is CN(C)c1ccc(N2CCN(S(=O)(=O)/C=C/c3ccccc3)CC2)nn1. The third kappa shape index (κ3) is 4.39. The van der Waals surface area contributed by atoms with Crippen molar-refractivity contribution < 1.29 is 8.42 Å². The first-order valence-electron chi connectivity index (χ1n) is 8.45. The molecule has 0 spiro atoms. The van der Waals surface area contributed by atoms with Gasteiger partial charge in [0.2, 0.25) is 10.0 Å². The second-order valence-corrected chi connectivity index (χ2v) is 8.11. The smallest absolute Gasteiger partial charge is 0.236 e. The molecule has 0 bridgehead atoms. The summed E-state index contributed by atoms with van der Waals surface area (Å²) in [5.74, 6) is 1.56. The fraction of sp³-hybridized carbons (Fsp3) is 0.333. The van der Waals surface area contributed by atoms with E-state index < -0.39 is 10.0 Å². The molecule has 1 fully saturated rings. The van der Waals surface area contributed by atoms with Crippen molar-refractivity contribution >= 4 is 27.7 Å². The average Bonchev–Trinajstić information content (AvgIpc) is 2.67. The fourth-order valence-corrected chi connectivity index (χ4v) is 3.89. The molecule has 2 aromatic rings. The molecule has 0 radical (unpaired) electrons. The lowest BCUT2D eigenvalue weighted by molar-refractivity contribution is 0.388. The van der Waals surface area contributed by atoms with Gasteiger partial charge in [0.05, 0.1) is 0 Å². The molecule has 1 aromatic heterocycles. The molecule has 8 heteroatoms. The molecule has 0 unspecified atom stereocenters. The second kappa shape index (κ2) is 7.84. The Morgan fingerprint density at radius 1 is 0.962 bits per heavy atom. The van der Waals surface area contributed by atoms with Crippen molar-refractivity contribution in [3.63, 3.8) is 0 Å². The standard InChI is InChI=1S/C18H23N5O2S/c1-21(2)17-8-9-18(20-19-17)22-11-13-23(14-12-22)26(24,25)15-10-16-6-4-3-5-7-16/h3-10,15H,11-14H2,1-2H3/b15-10+. The molecule has 2 heterocycles. The molecule has 1 aromatic carbocycles. The number of aromatic nitrogens is 2. The van der Waals surface area contributed by atoms with E-state index in [0.29, 0.717) is 26.2 Å². The summed E-state index contributed by atoms with van der Waals surface area (Å²) >= 11 is 0. The van der Waals surface area contributed by atoms with Gasteiger partial charge in [0, 0.05) is 45.7 Å². The van der Waals surface area contributed by atoms with Crippen LogP contribution in [0, 0.1) is 0 Å². The minimum absolute atomic E-state index is 0.429. The highest BCUT2D eigenvalue weighted by molar-refractivity contribution is 7.92. The molecule has 0 amide bonds. The van der Waals surface area contributed by atoms with Crippen molar-refractivity contribution in [2.24, 2.45) is 0 Å². The molecule has 26 heavy (non-hydrogen) atoms. The summed E-state index contributed by atoms with van der Waals surface area (Å²) in [6.07, 6.45) is 1.63. The van der Waals surface area contributed by atoms with Crippen LogP contribution in [0.25, 0.3) is 6.08 Å². The van der Waals surface area contributed by atoms with Crippen LogP contribution in [0.4, 0.5) is 11.6 Å². The van der Waals surface area contributed by atoms with E-state index in [1.54, 1.807) is 6.08 Å². The zero-order valence-corrected chi connectivity index (χ0v) is 15.8. The van der Waals surface area contributed by atoms with Crippen molar-refractivity contribution in [3.8, 4) is 0 Å². The summed E-state index contributed by atoms with van der Waals surface area (Å²) in [6, 6.07) is 13.2. The quantitative estimate of drug-likeness (QED) is 0.794. The summed E-state index contributed by atoms with van der Waals surface area (Å²) < 4.78 is 26.5. The Kier molecular flexibility index (Phi) is 5.53. The van der Waals surface area contributed by atoms with Crippen LogP contribution in [0.5, 0.6) is 0 Å². The molecule has 138 valence electrons. The van der Waals surface area contributed by atoms with Gasteiger partial charge in [0.1, 0.15) is 0 Å². The molecule has 0 atom stereocenters. The van der Waals surface area contributed by atoms with Crippen molar-refractivity contribution in [1.82, 2.24) is 14.5 Å². The highest BCUT2D eigenvalue weighted by Crippen LogP contribution is 2.17. The molecule has 1 aliphatic heterocycles. The van der Waals surface area contributed by atoms with Crippen LogP contribution in [-0.2, 0) is 10.0 Å². The molecule has 0 aliphatic carbocycles. The Balaban J connectivity index is 1.61. The van der Waals surface area contributed by atoms with Crippen LogP contribution >= 0.6 is 0 Å². The molecule has 3 rings (SSSR count). The van der Waals surface area contributed by atoms with E-state index in [4.69, 9.17) is 0 Å². The van der Waals surface area contributed by atoms with E-state index in [1.165, 1.54) is 9.71 Å². The summed E-state index contributed by atoms with van der Waals surface area (Å²) in [7, 11) is 0.404. The Bertz CT molecular complexity index is 843. The Morgan fingerprint density at radius 2 is 1.65 bits per heavy atom. The average molecular weight is 373 g/mol. The van der Waals surface area contributed by atoms with Crippen LogP contribution in [0.1, 0.15) is 5.56 Å². The van der Waals surface area contributed by atoms with Gasteiger partial charge in [-0.2, -0.15) is 4.31 Å². The van der Waals surface area contributed by atoms with Crippen LogP contribution in [0.2, 0.25) is 0 Å². The van der Waals surface area contributed by atoms with E-state index in [2.05, 4.69) is 15.1 Å². The normalized spacial score (nSPS) is 16.2. The molecule has 0 saturated carbocycles. The summed E-state index contributed by atoms with van der Waals surface area (Å²) in [5, 5.41) is 9.70. The monoisotopic (exact) mass is 373 g/mol. The minimum Gasteiger partial charge on any atom is -0.361 e. The van der Waals surface area contributed by atoms with Gasteiger partial charge in [-0.25, -0.2) is 8.42 Å². The van der Waals surface area contributed by atoms with Gasteiger partial charge < -0.3 is 9.80 Å². The van der Waals surface area contributed by atoms with Crippen LogP contribution < -0.4 is 9.80 Å². The van der Waals surface area contributed by atoms with Gasteiger partial charge in [0.15, 0.2) is 11.6 Å². The van der Waals surface area contributed by atoms with Gasteiger partial charge in [-0.15, -0.1) is 10.2 Å². The summed E-state index contributed by atoms with van der Waals surface area (Å²) in [6.45, 7) is 2.04. The zero-order chi connectivity index (χ0) is 18.6. The van der Waals surface area contributed by atoms with Gasteiger partial charge >= 0.3 is 0 Å². The third-order valence-electron chi connectivity index (χ3n) is 4.25. The van der Waals surface area contributed by atoms with E-state index in [0.717, 1.165) is 17.2 Å². The Hall–Kier alpha value is -2.45. The zero-order valence-electron chi connectivity index (χ0n) is 15.0. The number of benzene rings is 1. The van der Waals surface area contributed by atoms with Crippen molar-refractivity contribution in [2.75, 3.05) is 50.1 Å². The number of rotatable bonds is 5. The van der Waals surface area contributed by atoms with Crippen molar-refractivity contribution in [1.29, 1.82) is 0 Å². The highest BCUT2D eigenvalue weighted by atomic mass is 32.2. The van der Waals surface area contributed by atoms with E-state index in [9.17, 15) is 8.42 Å². The maximum Gasteiger partial charge on any atom is 0.236 e. The van der Waals surface area contributed by atoms with Gasteiger partial charge in [0.25, 0.3) is 0 Å². The first-order chi connectivity index (χ1) is 12.5. The number of sulfonamides is 1. The van der Waals surface area contributed by atoms with E-state index in [1.807, 2.05) is 61.5 Å². The first kappa shape index (κ1) is 18.3. The van der Waals surface area contributed by atoms with Crippen molar-refractivity contribution in [3.05, 3.63) is 53.4 Å². The molecule has 0 N–H and O–H groups in total. The topological polar surface area (TPSA) is 69.6 Å². The predicted molar refractivity (Wildman–Crippen MR) is 105 cm³/mol. The Morgan fingerprint density at radius 3 is 2.23 bits per heavy atom. The lowest BCUT2D eigenvalue weighted by Crippen LogP contribution is -2.48. The molecule has 1 aliphatic rings. The molecule has 1 saturated heterocycles. The van der Waals surface area contributed by atoms with E-state index in [-0.39, 0.29) is 0 Å². The Labute approximate surface area is 154 Å². The van der Waals surface area contributed by atoms with Crippen molar-refractivity contribution in [2.45, 2.75) is 0 Å². The maximum atomic E-state index is 12.5. The largest absolute Gasteiger partial charge is 0.361 e. The van der Waals surface area contributed by atoms with Crippen LogP contribution in [0.15, 0.2) is 47.9 Å². The van der Waals surface area contributed by atoms with Crippen LogP contribution in [0.3, 0.4) is 0 Å². The van der Waals surface area contributed by atoms with Gasteiger partial charge in [-0.05, 0) is 23.8 Å². The van der Waals surface area contributed by atoms with Crippen LogP contribution in [-0.4, -0.2) is 63.2 Å². The third-order valence-corrected chi connectivity index (χ3v) is 5.81. The summed E-state index contributed by atoms with van der Waals surface area (Å²) in [4.78, 5) is 3.94. The number of piperazine rings is 1.